The summed E-state index contributed by atoms with van der Waals surface area (Å²) in [7, 11) is 0. The number of nitrogens with zero attached hydrogens (tertiary/aromatic N) is 3. The minimum absolute atomic E-state index is 0.0365. The number of hydrogen-bond acceptors (Lipinski definition) is 4. The van der Waals surface area contributed by atoms with Crippen LogP contribution in [0.15, 0.2) is 18.6 Å². The number of aromatic nitrogens is 2. The highest BCUT2D eigenvalue weighted by atomic mass is 16.3. The molecule has 3 rings (SSSR count). The standard InChI is InChI=1S/C16H23N3O2/c20-15-7-2-1-5-12(15)14-6-3-4-10-19(14)16(21)13-11-17-8-9-18-13/h8-9,11-12,14-15,20H,1-7,10H2. The number of hydrogen-bond donors (Lipinski definition) is 1. The maximum atomic E-state index is 12.7. The normalized spacial score (nSPS) is 30.1. The van der Waals surface area contributed by atoms with Crippen LogP contribution in [0, 0.1) is 5.92 Å². The maximum absolute atomic E-state index is 12.7. The van der Waals surface area contributed by atoms with Crippen molar-refractivity contribution in [1.82, 2.24) is 14.9 Å². The SMILES string of the molecule is O=C(c1cnccn1)N1CCCCC1C1CCCCC1O. The van der Waals surface area contributed by atoms with E-state index in [2.05, 4.69) is 9.97 Å². The van der Waals surface area contributed by atoms with Gasteiger partial charge >= 0.3 is 0 Å². The van der Waals surface area contributed by atoms with E-state index < -0.39 is 0 Å². The first-order valence-corrected chi connectivity index (χ1v) is 8.02. The highest BCUT2D eigenvalue weighted by Gasteiger charge is 2.38. The zero-order chi connectivity index (χ0) is 14.7. The van der Waals surface area contributed by atoms with Gasteiger partial charge in [0.1, 0.15) is 5.69 Å². The Morgan fingerprint density at radius 2 is 1.95 bits per heavy atom. The summed E-state index contributed by atoms with van der Waals surface area (Å²) in [5.41, 5.74) is 0.412. The van der Waals surface area contributed by atoms with Crippen molar-refractivity contribution in [1.29, 1.82) is 0 Å². The Morgan fingerprint density at radius 3 is 2.71 bits per heavy atom. The molecule has 0 radical (unpaired) electrons. The molecule has 0 aromatic carbocycles. The van der Waals surface area contributed by atoms with Gasteiger partial charge in [0.05, 0.1) is 12.3 Å². The molecule has 1 aromatic rings. The van der Waals surface area contributed by atoms with Crippen LogP contribution in [-0.2, 0) is 0 Å². The monoisotopic (exact) mass is 289 g/mol. The van der Waals surface area contributed by atoms with Crippen molar-refractivity contribution in [3.8, 4) is 0 Å². The molecule has 21 heavy (non-hydrogen) atoms. The molecule has 1 N–H and O–H groups in total. The Bertz CT molecular complexity index is 480. The molecule has 0 bridgehead atoms. The number of carbonyl (C=O) groups excluding carboxylic acids is 1. The number of carbonyl (C=O) groups is 1. The second-order valence-electron chi connectivity index (χ2n) is 6.17. The molecular formula is C16H23N3O2. The predicted molar refractivity (Wildman–Crippen MR) is 78.7 cm³/mol. The van der Waals surface area contributed by atoms with Gasteiger partial charge < -0.3 is 10.0 Å². The molecule has 114 valence electrons. The second kappa shape index (κ2) is 6.52. The Balaban J connectivity index is 1.79. The van der Waals surface area contributed by atoms with Crippen molar-refractivity contribution in [2.45, 2.75) is 57.1 Å². The van der Waals surface area contributed by atoms with E-state index in [-0.39, 0.29) is 24.0 Å². The molecule has 1 saturated carbocycles. The number of likely N-dealkylation sites (tertiary alicyclic amines) is 1. The number of aliphatic hydroxyl groups excluding tert-OH is 1. The van der Waals surface area contributed by atoms with Crippen LogP contribution in [0.2, 0.25) is 0 Å². The Hall–Kier alpha value is -1.49. The van der Waals surface area contributed by atoms with Crippen molar-refractivity contribution in [2.24, 2.45) is 5.92 Å². The molecule has 1 aliphatic heterocycles. The average molecular weight is 289 g/mol. The summed E-state index contributed by atoms with van der Waals surface area (Å²) in [4.78, 5) is 22.8. The first-order valence-electron chi connectivity index (χ1n) is 8.02. The van der Waals surface area contributed by atoms with Crippen LogP contribution < -0.4 is 0 Å². The lowest BCUT2D eigenvalue weighted by atomic mass is 9.78. The number of amides is 1. The molecule has 3 unspecified atom stereocenters. The largest absolute Gasteiger partial charge is 0.393 e. The number of piperidine rings is 1. The lowest BCUT2D eigenvalue weighted by molar-refractivity contribution is -0.00153. The summed E-state index contributed by atoms with van der Waals surface area (Å²) in [6.07, 6.45) is 11.7. The highest BCUT2D eigenvalue weighted by molar-refractivity contribution is 5.92. The van der Waals surface area contributed by atoms with Crippen molar-refractivity contribution >= 4 is 5.91 Å². The van der Waals surface area contributed by atoms with Gasteiger partial charge in [-0.05, 0) is 32.1 Å². The third kappa shape index (κ3) is 3.07. The van der Waals surface area contributed by atoms with Crippen LogP contribution in [0.25, 0.3) is 0 Å². The first-order chi connectivity index (χ1) is 10.3. The topological polar surface area (TPSA) is 66.3 Å². The van der Waals surface area contributed by atoms with Crippen LogP contribution in [-0.4, -0.2) is 44.6 Å². The summed E-state index contributed by atoms with van der Waals surface area (Å²) >= 11 is 0. The Morgan fingerprint density at radius 1 is 1.14 bits per heavy atom. The zero-order valence-corrected chi connectivity index (χ0v) is 12.3. The minimum Gasteiger partial charge on any atom is -0.393 e. The molecule has 2 aliphatic rings. The molecule has 5 nitrogen and oxygen atoms in total. The van der Waals surface area contributed by atoms with E-state index in [1.165, 1.54) is 6.20 Å². The second-order valence-corrected chi connectivity index (χ2v) is 6.17. The van der Waals surface area contributed by atoms with Crippen LogP contribution in [0.5, 0.6) is 0 Å². The molecule has 2 fully saturated rings. The molecule has 1 aromatic heterocycles. The predicted octanol–water partition coefficient (Wildman–Crippen LogP) is 2.02. The van der Waals surface area contributed by atoms with Gasteiger partial charge in [-0.25, -0.2) is 4.98 Å². The minimum atomic E-state index is -0.265. The lowest BCUT2D eigenvalue weighted by Gasteiger charge is -2.43. The van der Waals surface area contributed by atoms with Crippen molar-refractivity contribution < 1.29 is 9.90 Å². The Kier molecular flexibility index (Phi) is 4.48. The van der Waals surface area contributed by atoms with Crippen molar-refractivity contribution in [3.63, 3.8) is 0 Å². The smallest absolute Gasteiger partial charge is 0.274 e. The summed E-state index contributed by atoms with van der Waals surface area (Å²) in [5, 5.41) is 10.3. The fourth-order valence-corrected chi connectivity index (χ4v) is 3.80. The maximum Gasteiger partial charge on any atom is 0.274 e. The summed E-state index contributed by atoms with van der Waals surface area (Å²) < 4.78 is 0. The fraction of sp³-hybridized carbons (Fsp3) is 0.688. The van der Waals surface area contributed by atoms with Gasteiger partial charge in [-0.15, -0.1) is 0 Å². The fourth-order valence-electron chi connectivity index (χ4n) is 3.80. The van der Waals surface area contributed by atoms with Gasteiger partial charge in [0.25, 0.3) is 5.91 Å². The van der Waals surface area contributed by atoms with E-state index in [9.17, 15) is 9.90 Å². The van der Waals surface area contributed by atoms with Crippen molar-refractivity contribution in [3.05, 3.63) is 24.3 Å². The van der Waals surface area contributed by atoms with E-state index in [0.29, 0.717) is 5.69 Å². The van der Waals surface area contributed by atoms with E-state index >= 15 is 0 Å². The molecule has 1 saturated heterocycles. The quantitative estimate of drug-likeness (QED) is 0.904. The third-order valence-electron chi connectivity index (χ3n) is 4.87. The van der Waals surface area contributed by atoms with Gasteiger partial charge in [-0.3, -0.25) is 9.78 Å². The lowest BCUT2D eigenvalue weighted by Crippen LogP contribution is -2.51. The van der Waals surface area contributed by atoms with Crippen LogP contribution in [0.3, 0.4) is 0 Å². The average Bonchev–Trinajstić information content (AvgIpc) is 2.55. The molecular weight excluding hydrogens is 266 g/mol. The highest BCUT2D eigenvalue weighted by Crippen LogP contribution is 2.34. The molecule has 0 spiro atoms. The van der Waals surface area contributed by atoms with Crippen molar-refractivity contribution in [2.75, 3.05) is 6.54 Å². The van der Waals surface area contributed by atoms with Gasteiger partial charge in [0.2, 0.25) is 0 Å². The molecule has 3 atom stereocenters. The number of rotatable bonds is 2. The summed E-state index contributed by atoms with van der Waals surface area (Å²) in [5.74, 6) is 0.185. The van der Waals surface area contributed by atoms with E-state index in [4.69, 9.17) is 0 Å². The zero-order valence-electron chi connectivity index (χ0n) is 12.3. The van der Waals surface area contributed by atoms with E-state index in [1.54, 1.807) is 12.4 Å². The molecule has 1 amide bonds. The van der Waals surface area contributed by atoms with Crippen LogP contribution in [0.1, 0.15) is 55.4 Å². The van der Waals surface area contributed by atoms with Gasteiger partial charge in [0, 0.05) is 30.9 Å². The summed E-state index contributed by atoms with van der Waals surface area (Å²) in [6.45, 7) is 0.767. The van der Waals surface area contributed by atoms with Gasteiger partial charge in [-0.1, -0.05) is 12.8 Å². The van der Waals surface area contributed by atoms with E-state index in [0.717, 1.165) is 51.5 Å². The molecule has 1 aliphatic carbocycles. The number of aliphatic hydroxyl groups is 1. The van der Waals surface area contributed by atoms with Crippen LogP contribution >= 0.6 is 0 Å². The van der Waals surface area contributed by atoms with Gasteiger partial charge in [0.15, 0.2) is 0 Å². The molecule has 2 heterocycles. The Labute approximate surface area is 125 Å². The van der Waals surface area contributed by atoms with Gasteiger partial charge in [-0.2, -0.15) is 0 Å². The third-order valence-corrected chi connectivity index (χ3v) is 4.87. The van der Waals surface area contributed by atoms with E-state index in [1.807, 2.05) is 4.90 Å². The first kappa shape index (κ1) is 14.4. The van der Waals surface area contributed by atoms with Crippen LogP contribution in [0.4, 0.5) is 0 Å². The molecule has 5 heteroatoms. The summed E-state index contributed by atoms with van der Waals surface area (Å²) in [6, 6.07) is 0.156.